The lowest BCUT2D eigenvalue weighted by Crippen LogP contribution is -2.29. The van der Waals surface area contributed by atoms with Crippen LogP contribution < -0.4 is 4.90 Å². The van der Waals surface area contributed by atoms with E-state index in [0.29, 0.717) is 24.7 Å². The van der Waals surface area contributed by atoms with Gasteiger partial charge in [-0.2, -0.15) is 5.26 Å². The van der Waals surface area contributed by atoms with Crippen molar-refractivity contribution < 1.29 is 9.90 Å². The van der Waals surface area contributed by atoms with Gasteiger partial charge in [-0.3, -0.25) is 0 Å². The lowest BCUT2D eigenvalue weighted by atomic mass is 10.2. The quantitative estimate of drug-likeness (QED) is 0.821. The number of nitriles is 1. The Hall–Kier alpha value is -2.16. The fourth-order valence-electron chi connectivity index (χ4n) is 1.52. The van der Waals surface area contributed by atoms with Crippen LogP contribution in [0.3, 0.4) is 0 Å². The third-order valence-electron chi connectivity index (χ3n) is 2.26. The van der Waals surface area contributed by atoms with Crippen molar-refractivity contribution in [1.82, 2.24) is 9.97 Å². The Morgan fingerprint density at radius 2 is 2.22 bits per heavy atom. The molecular weight excluding hydrogens is 232 g/mol. The Balaban J connectivity index is 2.84. The molecule has 18 heavy (non-hydrogen) atoms. The predicted octanol–water partition coefficient (Wildman–Crippen LogP) is 1.55. The molecule has 0 fully saturated rings. The van der Waals surface area contributed by atoms with E-state index < -0.39 is 5.97 Å². The zero-order valence-corrected chi connectivity index (χ0v) is 10.5. The topological polar surface area (TPSA) is 90.1 Å². The van der Waals surface area contributed by atoms with Gasteiger partial charge in [-0.05, 0) is 5.92 Å². The predicted molar refractivity (Wildman–Crippen MR) is 66.3 cm³/mol. The third-order valence-corrected chi connectivity index (χ3v) is 2.26. The molecule has 0 unspecified atom stereocenters. The second-order valence-electron chi connectivity index (χ2n) is 4.31. The molecule has 0 saturated carbocycles. The number of carbonyl (C=O) groups is 1. The molecule has 0 atom stereocenters. The van der Waals surface area contributed by atoms with Crippen molar-refractivity contribution in [3.05, 3.63) is 18.1 Å². The minimum atomic E-state index is -1.10. The largest absolute Gasteiger partial charge is 0.476 e. The summed E-state index contributed by atoms with van der Waals surface area (Å²) in [7, 11) is 0. The summed E-state index contributed by atoms with van der Waals surface area (Å²) in [4.78, 5) is 20.5. The highest BCUT2D eigenvalue weighted by molar-refractivity contribution is 5.84. The van der Waals surface area contributed by atoms with Gasteiger partial charge in [0.1, 0.15) is 5.82 Å². The molecule has 0 spiro atoms. The summed E-state index contributed by atoms with van der Waals surface area (Å²) in [6.45, 7) is 5.45. The number of aromatic carboxylic acids is 1. The molecule has 0 aliphatic carbocycles. The number of anilines is 1. The number of rotatable bonds is 6. The van der Waals surface area contributed by atoms with Gasteiger partial charge in [-0.1, -0.05) is 13.8 Å². The fourth-order valence-corrected chi connectivity index (χ4v) is 1.52. The molecule has 0 amide bonds. The summed E-state index contributed by atoms with van der Waals surface area (Å²) in [5.74, 6) is -0.0740. The Morgan fingerprint density at radius 1 is 1.50 bits per heavy atom. The summed E-state index contributed by atoms with van der Waals surface area (Å²) in [5, 5.41) is 17.4. The summed E-state index contributed by atoms with van der Waals surface area (Å²) in [6, 6.07) is 2.09. The van der Waals surface area contributed by atoms with Crippen LogP contribution in [0, 0.1) is 17.2 Å². The molecule has 1 heterocycles. The van der Waals surface area contributed by atoms with E-state index in [9.17, 15) is 4.79 Å². The van der Waals surface area contributed by atoms with E-state index in [2.05, 4.69) is 29.9 Å². The second kappa shape index (κ2) is 6.55. The molecular formula is C12H16N4O2. The fraction of sp³-hybridized carbons (Fsp3) is 0.500. The van der Waals surface area contributed by atoms with Gasteiger partial charge in [0, 0.05) is 13.1 Å². The van der Waals surface area contributed by atoms with Crippen LogP contribution in [0.25, 0.3) is 0 Å². The van der Waals surface area contributed by atoms with Gasteiger partial charge >= 0.3 is 5.97 Å². The zero-order chi connectivity index (χ0) is 13.5. The molecule has 0 aliphatic heterocycles. The Morgan fingerprint density at radius 3 is 2.67 bits per heavy atom. The maximum Gasteiger partial charge on any atom is 0.356 e. The average Bonchev–Trinajstić information content (AvgIpc) is 2.34. The highest BCUT2D eigenvalue weighted by atomic mass is 16.4. The minimum absolute atomic E-state index is 0.0801. The summed E-state index contributed by atoms with van der Waals surface area (Å²) in [6.07, 6.45) is 3.07. The van der Waals surface area contributed by atoms with Crippen molar-refractivity contribution in [3.8, 4) is 6.07 Å². The third kappa shape index (κ3) is 4.01. The summed E-state index contributed by atoms with van der Waals surface area (Å²) in [5.41, 5.74) is -0.0801. The first-order valence-corrected chi connectivity index (χ1v) is 5.71. The highest BCUT2D eigenvalue weighted by Crippen LogP contribution is 2.12. The van der Waals surface area contributed by atoms with Gasteiger partial charge in [0.2, 0.25) is 0 Å². The Bertz CT molecular complexity index is 436. The Labute approximate surface area is 106 Å². The van der Waals surface area contributed by atoms with Crippen LogP contribution in [0.15, 0.2) is 12.4 Å². The molecule has 6 heteroatoms. The molecule has 0 aliphatic rings. The molecule has 1 N–H and O–H groups in total. The van der Waals surface area contributed by atoms with E-state index in [0.717, 1.165) is 6.54 Å². The van der Waals surface area contributed by atoms with Gasteiger partial charge in [-0.15, -0.1) is 0 Å². The molecule has 6 nitrogen and oxygen atoms in total. The van der Waals surface area contributed by atoms with Gasteiger partial charge in [0.15, 0.2) is 5.69 Å². The van der Waals surface area contributed by atoms with Gasteiger partial charge in [0.05, 0.1) is 24.9 Å². The molecule has 1 aromatic rings. The minimum Gasteiger partial charge on any atom is -0.476 e. The first kappa shape index (κ1) is 13.9. The van der Waals surface area contributed by atoms with Crippen molar-refractivity contribution in [2.24, 2.45) is 5.92 Å². The van der Waals surface area contributed by atoms with E-state index in [1.165, 1.54) is 12.4 Å². The number of carboxylic acid groups (broad SMARTS) is 1. The monoisotopic (exact) mass is 248 g/mol. The number of nitrogens with zero attached hydrogens (tertiary/aromatic N) is 4. The van der Waals surface area contributed by atoms with Crippen LogP contribution in [0.5, 0.6) is 0 Å². The molecule has 0 aromatic carbocycles. The van der Waals surface area contributed by atoms with Gasteiger partial charge in [0.25, 0.3) is 0 Å². The molecule has 96 valence electrons. The van der Waals surface area contributed by atoms with E-state index >= 15 is 0 Å². The van der Waals surface area contributed by atoms with Crippen molar-refractivity contribution in [1.29, 1.82) is 5.26 Å². The van der Waals surface area contributed by atoms with Crippen molar-refractivity contribution in [2.75, 3.05) is 18.0 Å². The number of aromatic nitrogens is 2. The highest BCUT2D eigenvalue weighted by Gasteiger charge is 2.11. The summed E-state index contributed by atoms with van der Waals surface area (Å²) < 4.78 is 0. The van der Waals surface area contributed by atoms with Crippen LogP contribution in [0.4, 0.5) is 5.82 Å². The number of hydrogen-bond acceptors (Lipinski definition) is 5. The van der Waals surface area contributed by atoms with Gasteiger partial charge in [-0.25, -0.2) is 14.8 Å². The van der Waals surface area contributed by atoms with Crippen LogP contribution >= 0.6 is 0 Å². The lowest BCUT2D eigenvalue weighted by Gasteiger charge is -2.24. The average molecular weight is 248 g/mol. The van der Waals surface area contributed by atoms with Gasteiger partial charge < -0.3 is 10.0 Å². The smallest absolute Gasteiger partial charge is 0.356 e. The van der Waals surface area contributed by atoms with Crippen LogP contribution in [0.2, 0.25) is 0 Å². The van der Waals surface area contributed by atoms with E-state index in [4.69, 9.17) is 10.4 Å². The van der Waals surface area contributed by atoms with E-state index in [1.807, 2.05) is 4.90 Å². The zero-order valence-electron chi connectivity index (χ0n) is 10.5. The van der Waals surface area contributed by atoms with E-state index in [1.54, 1.807) is 0 Å². The Kier molecular flexibility index (Phi) is 5.06. The van der Waals surface area contributed by atoms with E-state index in [-0.39, 0.29) is 5.69 Å². The van der Waals surface area contributed by atoms with Crippen LogP contribution in [-0.2, 0) is 0 Å². The first-order valence-electron chi connectivity index (χ1n) is 5.71. The normalized spacial score (nSPS) is 10.1. The van der Waals surface area contributed by atoms with Crippen LogP contribution in [0.1, 0.15) is 30.8 Å². The van der Waals surface area contributed by atoms with Crippen molar-refractivity contribution in [2.45, 2.75) is 20.3 Å². The van der Waals surface area contributed by atoms with Crippen molar-refractivity contribution in [3.63, 3.8) is 0 Å². The number of hydrogen-bond donors (Lipinski definition) is 1. The summed E-state index contributed by atoms with van der Waals surface area (Å²) >= 11 is 0. The second-order valence-corrected chi connectivity index (χ2v) is 4.31. The van der Waals surface area contributed by atoms with Crippen molar-refractivity contribution >= 4 is 11.8 Å². The van der Waals surface area contributed by atoms with Crippen LogP contribution in [-0.4, -0.2) is 34.1 Å². The standard InChI is InChI=1S/C12H16N4O2/c1-9(2)8-16(5-3-4-13)11-7-14-10(6-15-11)12(17)18/h6-7,9H,3,5,8H2,1-2H3,(H,17,18). The molecule has 0 saturated heterocycles. The molecule has 0 bridgehead atoms. The maximum absolute atomic E-state index is 10.7. The maximum atomic E-state index is 10.7. The SMILES string of the molecule is CC(C)CN(CCC#N)c1cnc(C(=O)O)cn1. The molecule has 0 radical (unpaired) electrons. The lowest BCUT2D eigenvalue weighted by molar-refractivity contribution is 0.0690. The molecule has 1 rings (SSSR count). The first-order chi connectivity index (χ1) is 8.54. The molecule has 1 aromatic heterocycles. The number of carboxylic acids is 1.